The van der Waals surface area contributed by atoms with Gasteiger partial charge in [0.15, 0.2) is 0 Å². The standard InChI is InChI=1S/C14H9NO3/c16-10-5-6-11-9(7-10)8-14(15(17)18)13-4-2-1-3-12(11)13/h1-8,16H. The van der Waals surface area contributed by atoms with Crippen LogP contribution in [0.3, 0.4) is 0 Å². The SMILES string of the molecule is O=[N+]([O-])c1cc2cc(O)ccc2c2ccccc12. The van der Waals surface area contributed by atoms with Gasteiger partial charge >= 0.3 is 0 Å². The van der Waals surface area contributed by atoms with Crippen LogP contribution in [-0.2, 0) is 0 Å². The number of nitro groups is 1. The summed E-state index contributed by atoms with van der Waals surface area (Å²) >= 11 is 0. The third kappa shape index (κ3) is 1.47. The van der Waals surface area contributed by atoms with Crippen LogP contribution in [0.5, 0.6) is 5.75 Å². The maximum absolute atomic E-state index is 11.1. The van der Waals surface area contributed by atoms with Crippen molar-refractivity contribution in [1.29, 1.82) is 0 Å². The van der Waals surface area contributed by atoms with Crippen molar-refractivity contribution in [1.82, 2.24) is 0 Å². The summed E-state index contributed by atoms with van der Waals surface area (Å²) in [5.74, 6) is 0.104. The summed E-state index contributed by atoms with van der Waals surface area (Å²) in [6.07, 6.45) is 0. The van der Waals surface area contributed by atoms with Gasteiger partial charge in [-0.05, 0) is 34.4 Å². The van der Waals surface area contributed by atoms with Gasteiger partial charge in [0.2, 0.25) is 0 Å². The average molecular weight is 239 g/mol. The van der Waals surface area contributed by atoms with Gasteiger partial charge in [-0.3, -0.25) is 10.1 Å². The van der Waals surface area contributed by atoms with E-state index < -0.39 is 4.92 Å². The number of benzene rings is 3. The Morgan fingerprint density at radius 3 is 2.39 bits per heavy atom. The van der Waals surface area contributed by atoms with Crippen LogP contribution in [0.2, 0.25) is 0 Å². The van der Waals surface area contributed by atoms with Crippen LogP contribution in [0, 0.1) is 10.1 Å². The number of fused-ring (bicyclic) bond motifs is 3. The van der Waals surface area contributed by atoms with E-state index in [1.807, 2.05) is 12.1 Å². The summed E-state index contributed by atoms with van der Waals surface area (Å²) < 4.78 is 0. The molecule has 0 aromatic heterocycles. The van der Waals surface area contributed by atoms with Crippen molar-refractivity contribution in [2.45, 2.75) is 0 Å². The number of nitro benzene ring substituents is 1. The summed E-state index contributed by atoms with van der Waals surface area (Å²) in [4.78, 5) is 10.7. The van der Waals surface area contributed by atoms with Crippen LogP contribution in [0.25, 0.3) is 21.5 Å². The van der Waals surface area contributed by atoms with Gasteiger partial charge in [0.1, 0.15) is 5.75 Å². The van der Waals surface area contributed by atoms with Crippen molar-refractivity contribution in [3.63, 3.8) is 0 Å². The second-order valence-electron chi connectivity index (χ2n) is 4.10. The molecule has 88 valence electrons. The van der Waals surface area contributed by atoms with E-state index in [1.165, 1.54) is 12.1 Å². The van der Waals surface area contributed by atoms with Crippen molar-refractivity contribution >= 4 is 27.2 Å². The first-order valence-electron chi connectivity index (χ1n) is 5.46. The minimum absolute atomic E-state index is 0.0590. The predicted molar refractivity (Wildman–Crippen MR) is 69.8 cm³/mol. The molecule has 0 heterocycles. The van der Waals surface area contributed by atoms with Crippen LogP contribution in [0.4, 0.5) is 5.69 Å². The molecule has 4 nitrogen and oxygen atoms in total. The molecule has 1 N–H and O–H groups in total. The first kappa shape index (κ1) is 10.5. The third-order valence-electron chi connectivity index (χ3n) is 3.02. The van der Waals surface area contributed by atoms with Gasteiger partial charge in [-0.2, -0.15) is 0 Å². The molecule has 3 aromatic rings. The Labute approximate surface area is 102 Å². The minimum Gasteiger partial charge on any atom is -0.508 e. The number of hydrogen-bond acceptors (Lipinski definition) is 3. The molecule has 0 spiro atoms. The summed E-state index contributed by atoms with van der Waals surface area (Å²) in [6, 6.07) is 13.6. The molecule has 0 amide bonds. The summed E-state index contributed by atoms with van der Waals surface area (Å²) in [6.45, 7) is 0. The summed E-state index contributed by atoms with van der Waals surface area (Å²) in [7, 11) is 0. The fourth-order valence-corrected chi connectivity index (χ4v) is 2.23. The van der Waals surface area contributed by atoms with E-state index >= 15 is 0 Å². The Balaban J connectivity index is 2.57. The second-order valence-corrected chi connectivity index (χ2v) is 4.10. The van der Waals surface area contributed by atoms with E-state index in [9.17, 15) is 15.2 Å². The van der Waals surface area contributed by atoms with Crippen LogP contribution in [-0.4, -0.2) is 10.0 Å². The molecule has 18 heavy (non-hydrogen) atoms. The Morgan fingerprint density at radius 2 is 1.67 bits per heavy atom. The minimum atomic E-state index is -0.397. The molecule has 0 aliphatic heterocycles. The highest BCUT2D eigenvalue weighted by atomic mass is 16.6. The molecule has 0 atom stereocenters. The first-order valence-corrected chi connectivity index (χ1v) is 5.46. The van der Waals surface area contributed by atoms with E-state index in [0.717, 1.165) is 10.8 Å². The molecule has 3 rings (SSSR count). The lowest BCUT2D eigenvalue weighted by Crippen LogP contribution is -1.90. The highest BCUT2D eigenvalue weighted by Gasteiger charge is 2.14. The summed E-state index contributed by atoms with van der Waals surface area (Å²) in [5, 5.41) is 23.5. The van der Waals surface area contributed by atoms with E-state index in [2.05, 4.69) is 0 Å². The fraction of sp³-hybridized carbons (Fsp3) is 0. The fourth-order valence-electron chi connectivity index (χ4n) is 2.23. The quantitative estimate of drug-likeness (QED) is 0.401. The van der Waals surface area contributed by atoms with Crippen molar-refractivity contribution in [3.05, 3.63) is 58.6 Å². The highest BCUT2D eigenvalue weighted by molar-refractivity contribution is 6.11. The zero-order valence-electron chi connectivity index (χ0n) is 9.33. The van der Waals surface area contributed by atoms with Crippen molar-refractivity contribution in [3.8, 4) is 5.75 Å². The normalized spacial score (nSPS) is 10.9. The lowest BCUT2D eigenvalue weighted by molar-refractivity contribution is -0.382. The molecule has 0 unspecified atom stereocenters. The smallest absolute Gasteiger partial charge is 0.277 e. The largest absolute Gasteiger partial charge is 0.508 e. The van der Waals surface area contributed by atoms with Crippen LogP contribution >= 0.6 is 0 Å². The number of rotatable bonds is 1. The van der Waals surface area contributed by atoms with Crippen LogP contribution < -0.4 is 0 Å². The average Bonchev–Trinajstić information content (AvgIpc) is 2.37. The maximum atomic E-state index is 11.1. The van der Waals surface area contributed by atoms with Gasteiger partial charge in [-0.25, -0.2) is 0 Å². The molecule has 0 fully saturated rings. The van der Waals surface area contributed by atoms with Gasteiger partial charge < -0.3 is 5.11 Å². The van der Waals surface area contributed by atoms with Crippen molar-refractivity contribution < 1.29 is 10.0 Å². The lowest BCUT2D eigenvalue weighted by Gasteiger charge is -2.05. The number of aromatic hydroxyl groups is 1. The molecule has 0 bridgehead atoms. The molecule has 4 heteroatoms. The number of hydrogen-bond donors (Lipinski definition) is 1. The topological polar surface area (TPSA) is 63.4 Å². The molecular weight excluding hydrogens is 230 g/mol. The second kappa shape index (κ2) is 3.70. The number of nitrogens with zero attached hydrogens (tertiary/aromatic N) is 1. The monoisotopic (exact) mass is 239 g/mol. The number of phenols is 1. The molecular formula is C14H9NO3. The van der Waals surface area contributed by atoms with Gasteiger partial charge in [-0.15, -0.1) is 0 Å². The van der Waals surface area contributed by atoms with E-state index in [1.54, 1.807) is 24.3 Å². The van der Waals surface area contributed by atoms with Crippen molar-refractivity contribution in [2.75, 3.05) is 0 Å². The molecule has 0 saturated heterocycles. The van der Waals surface area contributed by atoms with E-state index in [0.29, 0.717) is 10.8 Å². The lowest BCUT2D eigenvalue weighted by atomic mass is 10.0. The number of non-ortho nitro benzene ring substituents is 1. The third-order valence-corrected chi connectivity index (χ3v) is 3.02. The Hall–Kier alpha value is -2.62. The molecule has 0 aliphatic carbocycles. The van der Waals surface area contributed by atoms with Crippen molar-refractivity contribution in [2.24, 2.45) is 0 Å². The van der Waals surface area contributed by atoms with Crippen LogP contribution in [0.1, 0.15) is 0 Å². The van der Waals surface area contributed by atoms with E-state index in [-0.39, 0.29) is 11.4 Å². The van der Waals surface area contributed by atoms with Gasteiger partial charge in [0.05, 0.1) is 10.3 Å². The maximum Gasteiger partial charge on any atom is 0.277 e. The predicted octanol–water partition coefficient (Wildman–Crippen LogP) is 3.61. The Bertz CT molecular complexity index is 780. The summed E-state index contributed by atoms with van der Waals surface area (Å²) in [5.41, 5.74) is 0.0590. The Kier molecular flexibility index (Phi) is 2.16. The molecule has 3 aromatic carbocycles. The first-order chi connectivity index (χ1) is 8.66. The number of phenolic OH excluding ortho intramolecular Hbond substituents is 1. The Morgan fingerprint density at radius 1 is 0.944 bits per heavy atom. The van der Waals surface area contributed by atoms with Gasteiger partial charge in [-0.1, -0.05) is 24.3 Å². The highest BCUT2D eigenvalue weighted by Crippen LogP contribution is 2.34. The molecule has 0 saturated carbocycles. The van der Waals surface area contributed by atoms with Gasteiger partial charge in [0, 0.05) is 6.07 Å². The zero-order chi connectivity index (χ0) is 12.7. The zero-order valence-corrected chi connectivity index (χ0v) is 9.33. The van der Waals surface area contributed by atoms with Crippen LogP contribution in [0.15, 0.2) is 48.5 Å². The van der Waals surface area contributed by atoms with Gasteiger partial charge in [0.25, 0.3) is 5.69 Å². The molecule has 0 radical (unpaired) electrons. The van der Waals surface area contributed by atoms with E-state index in [4.69, 9.17) is 0 Å². The molecule has 0 aliphatic rings.